The lowest BCUT2D eigenvalue weighted by Gasteiger charge is -2.25. The molecule has 3 aromatic rings. The Balaban J connectivity index is 1.46. The Morgan fingerprint density at radius 1 is 1.16 bits per heavy atom. The number of piperidine rings is 1. The second-order valence-electron chi connectivity index (χ2n) is 6.14. The Hall–Kier alpha value is -1.83. The average molecular weight is 376 g/mol. The number of anilines is 2. The molecule has 7 heteroatoms. The molecule has 1 aliphatic rings. The van der Waals surface area contributed by atoms with Crippen LogP contribution >= 0.6 is 22.7 Å². The van der Waals surface area contributed by atoms with Crippen molar-refractivity contribution in [2.24, 2.45) is 0 Å². The zero-order valence-corrected chi connectivity index (χ0v) is 15.7. The molecule has 0 saturated carbocycles. The van der Waals surface area contributed by atoms with E-state index in [0.29, 0.717) is 0 Å². The normalized spacial score (nSPS) is 16.2. The van der Waals surface area contributed by atoms with Crippen LogP contribution in [0.2, 0.25) is 0 Å². The molecule has 1 aliphatic heterocycles. The summed E-state index contributed by atoms with van der Waals surface area (Å²) in [5.74, 6) is 0.780. The van der Waals surface area contributed by atoms with Crippen molar-refractivity contribution < 1.29 is 9.84 Å². The van der Waals surface area contributed by atoms with E-state index in [-0.39, 0.29) is 0 Å². The van der Waals surface area contributed by atoms with Crippen LogP contribution in [0.15, 0.2) is 30.3 Å². The SMILES string of the molecule is COc1ccc(C(O)Nc2cc3sc(N4CCCCC4)nc3s2)cc1. The molecule has 0 amide bonds. The van der Waals surface area contributed by atoms with Gasteiger partial charge in [-0.15, -0.1) is 0 Å². The molecule has 2 aromatic heterocycles. The molecule has 2 N–H and O–H groups in total. The first kappa shape index (κ1) is 16.6. The Morgan fingerprint density at radius 2 is 1.92 bits per heavy atom. The predicted octanol–water partition coefficient (Wildman–Crippen LogP) is 4.46. The van der Waals surface area contributed by atoms with Gasteiger partial charge in [0.1, 0.15) is 10.6 Å². The third-order valence-electron chi connectivity index (χ3n) is 4.42. The van der Waals surface area contributed by atoms with Gasteiger partial charge in [-0.25, -0.2) is 4.98 Å². The number of aromatic nitrogens is 1. The molecule has 1 aromatic carbocycles. The molecule has 1 saturated heterocycles. The first-order valence-electron chi connectivity index (χ1n) is 8.47. The van der Waals surface area contributed by atoms with Crippen molar-refractivity contribution in [3.63, 3.8) is 0 Å². The van der Waals surface area contributed by atoms with Crippen LogP contribution in [0, 0.1) is 0 Å². The lowest BCUT2D eigenvalue weighted by Crippen LogP contribution is -2.29. The van der Waals surface area contributed by atoms with E-state index in [1.807, 2.05) is 24.3 Å². The van der Waals surface area contributed by atoms with Gasteiger partial charge in [0.05, 0.1) is 16.8 Å². The van der Waals surface area contributed by atoms with E-state index in [1.54, 1.807) is 29.8 Å². The van der Waals surface area contributed by atoms with Crippen LogP contribution in [0.5, 0.6) is 5.75 Å². The lowest BCUT2D eigenvalue weighted by molar-refractivity contribution is 0.208. The quantitative estimate of drug-likeness (QED) is 0.645. The number of fused-ring (bicyclic) bond motifs is 1. The number of methoxy groups -OCH3 is 1. The zero-order chi connectivity index (χ0) is 17.2. The summed E-state index contributed by atoms with van der Waals surface area (Å²) in [4.78, 5) is 8.21. The van der Waals surface area contributed by atoms with Gasteiger partial charge in [-0.1, -0.05) is 34.8 Å². The minimum atomic E-state index is -0.750. The van der Waals surface area contributed by atoms with Gasteiger partial charge < -0.3 is 20.1 Å². The summed E-state index contributed by atoms with van der Waals surface area (Å²) < 4.78 is 6.32. The fraction of sp³-hybridized carbons (Fsp3) is 0.389. The van der Waals surface area contributed by atoms with E-state index in [0.717, 1.165) is 39.4 Å². The second-order valence-corrected chi connectivity index (χ2v) is 8.18. The maximum absolute atomic E-state index is 10.4. The minimum Gasteiger partial charge on any atom is -0.497 e. The monoisotopic (exact) mass is 375 g/mol. The number of hydrogen-bond donors (Lipinski definition) is 2. The van der Waals surface area contributed by atoms with E-state index in [4.69, 9.17) is 9.72 Å². The van der Waals surface area contributed by atoms with Crippen LogP contribution in [0.1, 0.15) is 31.1 Å². The maximum Gasteiger partial charge on any atom is 0.187 e. The second kappa shape index (κ2) is 7.19. The van der Waals surface area contributed by atoms with Gasteiger partial charge in [-0.05, 0) is 37.5 Å². The fourth-order valence-corrected chi connectivity index (χ4v) is 5.20. The van der Waals surface area contributed by atoms with Crippen LogP contribution in [0.4, 0.5) is 10.1 Å². The van der Waals surface area contributed by atoms with Crippen LogP contribution in [0.25, 0.3) is 9.53 Å². The van der Waals surface area contributed by atoms with Crippen molar-refractivity contribution >= 4 is 42.3 Å². The van der Waals surface area contributed by atoms with Crippen LogP contribution < -0.4 is 15.0 Å². The number of aliphatic hydroxyl groups excluding tert-OH is 1. The van der Waals surface area contributed by atoms with Crippen LogP contribution in [-0.4, -0.2) is 30.3 Å². The summed E-state index contributed by atoms with van der Waals surface area (Å²) in [5, 5.41) is 15.6. The standard InChI is InChI=1S/C18H21N3O2S2/c1-23-13-7-5-12(6-8-13)16(22)19-15-11-14-17(25-15)20-18(24-14)21-9-3-2-4-10-21/h5-8,11,16,19,22H,2-4,9-10H2,1H3. The number of aliphatic hydroxyl groups is 1. The maximum atomic E-state index is 10.4. The third-order valence-corrected chi connectivity index (χ3v) is 6.57. The topological polar surface area (TPSA) is 57.6 Å². The Morgan fingerprint density at radius 3 is 2.60 bits per heavy atom. The summed E-state index contributed by atoms with van der Waals surface area (Å²) in [6.45, 7) is 2.23. The van der Waals surface area contributed by atoms with E-state index < -0.39 is 6.23 Å². The molecule has 25 heavy (non-hydrogen) atoms. The highest BCUT2D eigenvalue weighted by Gasteiger charge is 2.17. The highest BCUT2D eigenvalue weighted by molar-refractivity contribution is 7.30. The number of ether oxygens (including phenoxy) is 1. The number of nitrogens with zero attached hydrogens (tertiary/aromatic N) is 2. The van der Waals surface area contributed by atoms with E-state index in [2.05, 4.69) is 16.3 Å². The van der Waals surface area contributed by atoms with Gasteiger partial charge in [0, 0.05) is 18.7 Å². The molecular weight excluding hydrogens is 354 g/mol. The van der Waals surface area contributed by atoms with Gasteiger partial charge >= 0.3 is 0 Å². The average Bonchev–Trinajstić information content (AvgIpc) is 3.21. The summed E-state index contributed by atoms with van der Waals surface area (Å²) in [6, 6.07) is 9.50. The molecule has 1 atom stereocenters. The van der Waals surface area contributed by atoms with Crippen molar-refractivity contribution in [1.29, 1.82) is 0 Å². The van der Waals surface area contributed by atoms with E-state index in [1.165, 1.54) is 24.0 Å². The Labute approximate surface area is 154 Å². The predicted molar refractivity (Wildman–Crippen MR) is 105 cm³/mol. The number of thiazole rings is 1. The number of nitrogens with one attached hydrogen (secondary N) is 1. The smallest absolute Gasteiger partial charge is 0.187 e. The molecule has 4 rings (SSSR count). The molecular formula is C18H21N3O2S2. The number of rotatable bonds is 5. The van der Waals surface area contributed by atoms with Crippen molar-refractivity contribution in [2.75, 3.05) is 30.4 Å². The van der Waals surface area contributed by atoms with Crippen LogP contribution in [-0.2, 0) is 0 Å². The summed E-state index contributed by atoms with van der Waals surface area (Å²) in [6.07, 6.45) is 3.09. The fourth-order valence-electron chi connectivity index (χ4n) is 3.02. The van der Waals surface area contributed by atoms with Gasteiger partial charge in [-0.2, -0.15) is 0 Å². The molecule has 5 nitrogen and oxygen atoms in total. The number of benzene rings is 1. The Bertz CT molecular complexity index is 806. The molecule has 0 aliphatic carbocycles. The Kier molecular flexibility index (Phi) is 4.78. The van der Waals surface area contributed by atoms with Gasteiger partial charge in [0.25, 0.3) is 0 Å². The van der Waals surface area contributed by atoms with E-state index >= 15 is 0 Å². The summed E-state index contributed by atoms with van der Waals surface area (Å²) in [7, 11) is 1.63. The minimum absolute atomic E-state index is 0.750. The third kappa shape index (κ3) is 3.58. The van der Waals surface area contributed by atoms with Crippen molar-refractivity contribution in [3.8, 4) is 5.75 Å². The molecule has 0 radical (unpaired) electrons. The van der Waals surface area contributed by atoms with E-state index in [9.17, 15) is 5.11 Å². The lowest BCUT2D eigenvalue weighted by atomic mass is 10.1. The first-order chi connectivity index (χ1) is 12.2. The molecule has 132 valence electrons. The van der Waals surface area contributed by atoms with Crippen LogP contribution in [0.3, 0.4) is 0 Å². The first-order valence-corrected chi connectivity index (χ1v) is 10.1. The summed E-state index contributed by atoms with van der Waals surface area (Å²) >= 11 is 3.33. The van der Waals surface area contributed by atoms with Gasteiger partial charge in [-0.3, -0.25) is 0 Å². The number of thiophene rings is 1. The largest absolute Gasteiger partial charge is 0.497 e. The molecule has 0 spiro atoms. The zero-order valence-electron chi connectivity index (χ0n) is 14.1. The molecule has 1 fully saturated rings. The van der Waals surface area contributed by atoms with Crippen molar-refractivity contribution in [1.82, 2.24) is 4.98 Å². The number of hydrogen-bond acceptors (Lipinski definition) is 7. The molecule has 0 bridgehead atoms. The van der Waals surface area contributed by atoms with Gasteiger partial charge in [0.15, 0.2) is 11.4 Å². The highest BCUT2D eigenvalue weighted by Crippen LogP contribution is 2.38. The molecule has 1 unspecified atom stereocenters. The van der Waals surface area contributed by atoms with Crippen molar-refractivity contribution in [3.05, 3.63) is 35.9 Å². The van der Waals surface area contributed by atoms with Crippen molar-refractivity contribution in [2.45, 2.75) is 25.5 Å². The summed E-state index contributed by atoms with van der Waals surface area (Å²) in [5.41, 5.74) is 0.805. The highest BCUT2D eigenvalue weighted by atomic mass is 32.1. The van der Waals surface area contributed by atoms with Gasteiger partial charge in [0.2, 0.25) is 0 Å². The molecule has 3 heterocycles.